The molecule has 0 fully saturated rings. The van der Waals surface area contributed by atoms with Crippen molar-refractivity contribution in [2.24, 2.45) is 0 Å². The van der Waals surface area contributed by atoms with E-state index in [-0.39, 0.29) is 5.75 Å². The number of aliphatic carboxylic acids is 1. The van der Waals surface area contributed by atoms with Crippen LogP contribution in [0.4, 0.5) is 0 Å². The maximum Gasteiger partial charge on any atom is 0.313 e. The molecule has 8 heteroatoms. The zero-order valence-corrected chi connectivity index (χ0v) is 10.6. The first-order valence-electron chi connectivity index (χ1n) is 4.89. The number of rotatable bonds is 4. The van der Waals surface area contributed by atoms with Gasteiger partial charge in [-0.15, -0.1) is 10.2 Å². The van der Waals surface area contributed by atoms with Crippen molar-refractivity contribution in [3.8, 4) is 11.4 Å². The standard InChI is InChI=1S/C10H9ClN4O2S/c11-7-3-1-6(2-4-7)9-13-14-10(15(9)12)18-5-8(16)17/h1-4H,5,12H2,(H,16,17). The molecule has 6 nitrogen and oxygen atoms in total. The Morgan fingerprint density at radius 1 is 1.39 bits per heavy atom. The van der Waals surface area contributed by atoms with Gasteiger partial charge in [0.1, 0.15) is 0 Å². The highest BCUT2D eigenvalue weighted by Gasteiger charge is 2.13. The summed E-state index contributed by atoms with van der Waals surface area (Å²) in [4.78, 5) is 10.5. The Hall–Kier alpha value is -1.73. The number of nitrogens with two attached hydrogens (primary N) is 1. The Kier molecular flexibility index (Phi) is 3.73. The smallest absolute Gasteiger partial charge is 0.313 e. The van der Waals surface area contributed by atoms with Gasteiger partial charge < -0.3 is 10.9 Å². The molecule has 0 aliphatic carbocycles. The number of nitrogen functional groups attached to an aromatic ring is 1. The number of thioether (sulfide) groups is 1. The van der Waals surface area contributed by atoms with Gasteiger partial charge in [0.25, 0.3) is 0 Å². The van der Waals surface area contributed by atoms with Gasteiger partial charge >= 0.3 is 5.97 Å². The molecule has 0 atom stereocenters. The molecule has 0 saturated carbocycles. The molecule has 0 unspecified atom stereocenters. The molecule has 0 aliphatic heterocycles. The molecular formula is C10H9ClN4O2S. The molecule has 3 N–H and O–H groups in total. The van der Waals surface area contributed by atoms with Gasteiger partial charge in [0.15, 0.2) is 5.82 Å². The Labute approximate surface area is 112 Å². The van der Waals surface area contributed by atoms with E-state index in [2.05, 4.69) is 10.2 Å². The van der Waals surface area contributed by atoms with Crippen LogP contribution in [0, 0.1) is 0 Å². The summed E-state index contributed by atoms with van der Waals surface area (Å²) >= 11 is 6.80. The molecule has 0 radical (unpaired) electrons. The molecule has 0 amide bonds. The largest absolute Gasteiger partial charge is 0.481 e. The van der Waals surface area contributed by atoms with Crippen LogP contribution in [0.1, 0.15) is 0 Å². The molecule has 2 aromatic rings. The number of hydrogen-bond acceptors (Lipinski definition) is 5. The van der Waals surface area contributed by atoms with Crippen LogP contribution in [0.25, 0.3) is 11.4 Å². The SMILES string of the molecule is Nn1c(SCC(=O)O)nnc1-c1ccc(Cl)cc1. The average Bonchev–Trinajstić information content (AvgIpc) is 2.69. The number of carboxylic acids is 1. The Balaban J connectivity index is 2.25. The zero-order chi connectivity index (χ0) is 13.1. The monoisotopic (exact) mass is 284 g/mol. The second kappa shape index (κ2) is 5.28. The van der Waals surface area contributed by atoms with E-state index in [9.17, 15) is 4.79 Å². The Bertz CT molecular complexity index is 570. The summed E-state index contributed by atoms with van der Waals surface area (Å²) in [5.74, 6) is 5.21. The van der Waals surface area contributed by atoms with Crippen molar-refractivity contribution in [3.05, 3.63) is 29.3 Å². The van der Waals surface area contributed by atoms with Crippen LogP contribution in [-0.2, 0) is 4.79 Å². The number of hydrogen-bond donors (Lipinski definition) is 2. The lowest BCUT2D eigenvalue weighted by molar-refractivity contribution is -0.133. The predicted molar refractivity (Wildman–Crippen MR) is 69.0 cm³/mol. The molecule has 0 saturated heterocycles. The summed E-state index contributed by atoms with van der Waals surface area (Å²) in [6.45, 7) is 0. The molecule has 1 heterocycles. The minimum Gasteiger partial charge on any atom is -0.481 e. The average molecular weight is 285 g/mol. The maximum absolute atomic E-state index is 10.5. The second-order valence-electron chi connectivity index (χ2n) is 3.37. The van der Waals surface area contributed by atoms with E-state index in [1.807, 2.05) is 0 Å². The first-order chi connectivity index (χ1) is 8.58. The quantitative estimate of drug-likeness (QED) is 0.652. The first-order valence-corrected chi connectivity index (χ1v) is 6.25. The van der Waals surface area contributed by atoms with E-state index < -0.39 is 5.97 Å². The van der Waals surface area contributed by atoms with Crippen molar-refractivity contribution in [3.63, 3.8) is 0 Å². The highest BCUT2D eigenvalue weighted by atomic mass is 35.5. The highest BCUT2D eigenvalue weighted by molar-refractivity contribution is 7.99. The lowest BCUT2D eigenvalue weighted by atomic mass is 10.2. The van der Waals surface area contributed by atoms with Gasteiger partial charge in [-0.2, -0.15) is 0 Å². The van der Waals surface area contributed by atoms with Crippen molar-refractivity contribution in [2.75, 3.05) is 11.6 Å². The number of carbonyl (C=O) groups is 1. The fourth-order valence-electron chi connectivity index (χ4n) is 1.30. The van der Waals surface area contributed by atoms with Gasteiger partial charge in [-0.25, -0.2) is 4.68 Å². The molecular weight excluding hydrogens is 276 g/mol. The molecule has 0 spiro atoms. The first kappa shape index (κ1) is 12.7. The number of aromatic nitrogens is 3. The van der Waals surface area contributed by atoms with Crippen LogP contribution in [0.15, 0.2) is 29.4 Å². The normalized spacial score (nSPS) is 10.5. The fourth-order valence-corrected chi connectivity index (χ4v) is 2.00. The van der Waals surface area contributed by atoms with E-state index in [0.29, 0.717) is 16.0 Å². The minimum absolute atomic E-state index is 0.115. The topological polar surface area (TPSA) is 94.0 Å². The van der Waals surface area contributed by atoms with Gasteiger partial charge in [-0.3, -0.25) is 4.79 Å². The van der Waals surface area contributed by atoms with E-state index >= 15 is 0 Å². The van der Waals surface area contributed by atoms with Gasteiger partial charge in [0.2, 0.25) is 5.16 Å². The molecule has 1 aromatic heterocycles. The second-order valence-corrected chi connectivity index (χ2v) is 4.74. The Morgan fingerprint density at radius 2 is 2.06 bits per heavy atom. The molecule has 94 valence electrons. The number of nitrogens with zero attached hydrogens (tertiary/aromatic N) is 3. The number of benzene rings is 1. The number of halogens is 1. The lowest BCUT2D eigenvalue weighted by Gasteiger charge is -2.02. The molecule has 1 aromatic carbocycles. The van der Waals surface area contributed by atoms with E-state index in [4.69, 9.17) is 22.6 Å². The van der Waals surface area contributed by atoms with Crippen molar-refractivity contribution < 1.29 is 9.90 Å². The summed E-state index contributed by atoms with van der Waals surface area (Å²) in [5.41, 5.74) is 0.761. The van der Waals surface area contributed by atoms with E-state index in [1.54, 1.807) is 24.3 Å². The third-order valence-electron chi connectivity index (χ3n) is 2.09. The molecule has 0 aliphatic rings. The zero-order valence-electron chi connectivity index (χ0n) is 9.08. The van der Waals surface area contributed by atoms with Crippen LogP contribution in [0.2, 0.25) is 5.02 Å². The lowest BCUT2D eigenvalue weighted by Crippen LogP contribution is -2.12. The van der Waals surface area contributed by atoms with Crippen molar-refractivity contribution in [2.45, 2.75) is 5.16 Å². The van der Waals surface area contributed by atoms with Crippen LogP contribution < -0.4 is 5.84 Å². The number of carboxylic acid groups (broad SMARTS) is 1. The molecule has 0 bridgehead atoms. The summed E-state index contributed by atoms with van der Waals surface area (Å²) in [5, 5.41) is 17.3. The maximum atomic E-state index is 10.5. The summed E-state index contributed by atoms with van der Waals surface area (Å²) in [6, 6.07) is 6.97. The molecule has 2 rings (SSSR count). The predicted octanol–water partition coefficient (Wildman–Crippen LogP) is 1.49. The Morgan fingerprint density at radius 3 is 2.67 bits per heavy atom. The van der Waals surface area contributed by atoms with Gasteiger partial charge in [0.05, 0.1) is 5.75 Å². The van der Waals surface area contributed by atoms with Crippen LogP contribution in [0.5, 0.6) is 0 Å². The van der Waals surface area contributed by atoms with Crippen LogP contribution in [-0.4, -0.2) is 31.7 Å². The van der Waals surface area contributed by atoms with Crippen molar-refractivity contribution in [1.29, 1.82) is 0 Å². The van der Waals surface area contributed by atoms with Crippen molar-refractivity contribution >= 4 is 29.3 Å². The summed E-state index contributed by atoms with van der Waals surface area (Å²) in [6.07, 6.45) is 0. The third-order valence-corrected chi connectivity index (χ3v) is 3.27. The van der Waals surface area contributed by atoms with Gasteiger partial charge in [0, 0.05) is 10.6 Å². The highest BCUT2D eigenvalue weighted by Crippen LogP contribution is 2.22. The molecule has 18 heavy (non-hydrogen) atoms. The minimum atomic E-state index is -0.934. The van der Waals surface area contributed by atoms with Gasteiger partial charge in [-0.1, -0.05) is 23.4 Å². The summed E-state index contributed by atoms with van der Waals surface area (Å²) < 4.78 is 1.26. The van der Waals surface area contributed by atoms with Crippen LogP contribution in [0.3, 0.4) is 0 Å². The van der Waals surface area contributed by atoms with Crippen LogP contribution >= 0.6 is 23.4 Å². The third kappa shape index (κ3) is 2.74. The fraction of sp³-hybridized carbons (Fsp3) is 0.100. The van der Waals surface area contributed by atoms with E-state index in [0.717, 1.165) is 17.3 Å². The van der Waals surface area contributed by atoms with Crippen molar-refractivity contribution in [1.82, 2.24) is 14.9 Å². The summed E-state index contributed by atoms with van der Waals surface area (Å²) in [7, 11) is 0. The van der Waals surface area contributed by atoms with Gasteiger partial charge in [-0.05, 0) is 24.3 Å². The van der Waals surface area contributed by atoms with E-state index in [1.165, 1.54) is 4.68 Å².